The molecule has 0 saturated carbocycles. The minimum atomic E-state index is -2.01. The number of primary amides is 1. The van der Waals surface area contributed by atoms with Gasteiger partial charge in [0.05, 0.1) is 19.6 Å². The quantitative estimate of drug-likeness (QED) is 0.244. The molecule has 1 amide bonds. The van der Waals surface area contributed by atoms with Gasteiger partial charge >= 0.3 is 5.97 Å². The number of carbonyl (C=O) groups is 2. The van der Waals surface area contributed by atoms with Gasteiger partial charge < -0.3 is 36.0 Å². The third-order valence-electron chi connectivity index (χ3n) is 3.08. The van der Waals surface area contributed by atoms with Crippen molar-refractivity contribution in [3.8, 4) is 0 Å². The molecule has 10 heteroatoms. The average molecular weight is 294 g/mol. The molecule has 20 heavy (non-hydrogen) atoms. The number of aliphatic carboxylic acids is 1. The summed E-state index contributed by atoms with van der Waals surface area (Å²) in [6.45, 7) is -1.53. The normalized spacial score (nSPS) is 34.9. The first-order valence-electron chi connectivity index (χ1n) is 5.82. The molecule has 8 N–H and O–H groups in total. The van der Waals surface area contributed by atoms with E-state index in [2.05, 4.69) is 5.32 Å². The highest BCUT2D eigenvalue weighted by atomic mass is 16.6. The van der Waals surface area contributed by atoms with E-state index in [1.807, 2.05) is 0 Å². The molecule has 116 valence electrons. The first kappa shape index (κ1) is 16.8. The van der Waals surface area contributed by atoms with Crippen molar-refractivity contribution in [1.82, 2.24) is 5.32 Å². The molecule has 0 radical (unpaired) electrons. The number of hydrogen-bond acceptors (Lipinski definition) is 8. The third-order valence-corrected chi connectivity index (χ3v) is 3.08. The second kappa shape index (κ2) is 6.43. The molecule has 10 nitrogen and oxygen atoms in total. The fraction of sp³-hybridized carbons (Fsp3) is 0.800. The van der Waals surface area contributed by atoms with Crippen LogP contribution in [0.4, 0.5) is 0 Å². The van der Waals surface area contributed by atoms with Crippen molar-refractivity contribution >= 4 is 11.9 Å². The maximum Gasteiger partial charge on any atom is 0.321 e. The first-order chi connectivity index (χ1) is 9.27. The van der Waals surface area contributed by atoms with E-state index in [4.69, 9.17) is 20.7 Å². The second-order valence-electron chi connectivity index (χ2n) is 4.53. The predicted octanol–water partition coefficient (Wildman–Crippen LogP) is -4.29. The topological polar surface area (TPSA) is 183 Å². The maximum atomic E-state index is 11.0. The van der Waals surface area contributed by atoms with Crippen LogP contribution in [0, 0.1) is 0 Å². The van der Waals surface area contributed by atoms with Crippen LogP contribution in [0.5, 0.6) is 0 Å². The molecule has 1 rings (SSSR count). The summed E-state index contributed by atoms with van der Waals surface area (Å²) in [6.07, 6.45) is -5.03. The van der Waals surface area contributed by atoms with E-state index < -0.39 is 61.6 Å². The van der Waals surface area contributed by atoms with Gasteiger partial charge in [0.2, 0.25) is 5.91 Å². The van der Waals surface area contributed by atoms with E-state index in [-0.39, 0.29) is 0 Å². The summed E-state index contributed by atoms with van der Waals surface area (Å²) in [7, 11) is 0. The summed E-state index contributed by atoms with van der Waals surface area (Å²) in [5, 5.41) is 49.0. The predicted molar refractivity (Wildman–Crippen MR) is 62.2 cm³/mol. The van der Waals surface area contributed by atoms with Gasteiger partial charge in [0.15, 0.2) is 5.72 Å². The van der Waals surface area contributed by atoms with E-state index >= 15 is 0 Å². The molecule has 1 aliphatic heterocycles. The minimum Gasteiger partial charge on any atom is -0.480 e. The summed E-state index contributed by atoms with van der Waals surface area (Å²) < 4.78 is 5.11. The number of carbonyl (C=O) groups excluding carboxylic acids is 1. The van der Waals surface area contributed by atoms with E-state index in [9.17, 15) is 24.9 Å². The number of hydrogen-bond donors (Lipinski definition) is 7. The molecule has 1 fully saturated rings. The molecule has 5 atom stereocenters. The highest BCUT2D eigenvalue weighted by Gasteiger charge is 2.55. The summed E-state index contributed by atoms with van der Waals surface area (Å²) >= 11 is 0. The average Bonchev–Trinajstić information content (AvgIpc) is 2.62. The molecular formula is C10H18N2O8. The van der Waals surface area contributed by atoms with Crippen molar-refractivity contribution in [3.63, 3.8) is 0 Å². The number of ether oxygens (including phenoxy) is 1. The molecule has 0 spiro atoms. The molecule has 1 aliphatic rings. The summed E-state index contributed by atoms with van der Waals surface area (Å²) in [4.78, 5) is 21.8. The van der Waals surface area contributed by atoms with Gasteiger partial charge in [-0.1, -0.05) is 0 Å². The number of nitrogens with two attached hydrogens (primary N) is 1. The van der Waals surface area contributed by atoms with Crippen LogP contribution in [-0.4, -0.2) is 80.7 Å². The van der Waals surface area contributed by atoms with Crippen molar-refractivity contribution in [2.24, 2.45) is 5.73 Å². The zero-order chi connectivity index (χ0) is 15.5. The van der Waals surface area contributed by atoms with Crippen molar-refractivity contribution in [1.29, 1.82) is 0 Å². The van der Waals surface area contributed by atoms with Gasteiger partial charge in [-0.05, 0) is 0 Å². The molecule has 0 aromatic heterocycles. The molecule has 0 aliphatic carbocycles. The van der Waals surface area contributed by atoms with Gasteiger partial charge in [0.25, 0.3) is 0 Å². The Morgan fingerprint density at radius 1 is 1.35 bits per heavy atom. The highest BCUT2D eigenvalue weighted by molar-refractivity contribution is 5.83. The number of carboxylic acid groups (broad SMARTS) is 1. The van der Waals surface area contributed by atoms with Gasteiger partial charge in [0.1, 0.15) is 24.4 Å². The Kier molecular flexibility index (Phi) is 5.39. The zero-order valence-corrected chi connectivity index (χ0v) is 10.5. The SMILES string of the molecule is NC(=O)C[C@H](NC1(CO)O[C@H](CO)[C@@H](O)[C@@H]1O)C(=O)O. The van der Waals surface area contributed by atoms with Gasteiger partial charge in [-0.2, -0.15) is 0 Å². The Morgan fingerprint density at radius 3 is 2.30 bits per heavy atom. The fourth-order valence-corrected chi connectivity index (χ4v) is 2.03. The van der Waals surface area contributed by atoms with Gasteiger partial charge in [0, 0.05) is 0 Å². The minimum absolute atomic E-state index is 0.604. The van der Waals surface area contributed by atoms with Crippen LogP contribution in [0.25, 0.3) is 0 Å². The summed E-state index contributed by atoms with van der Waals surface area (Å²) in [6, 6.07) is -1.53. The van der Waals surface area contributed by atoms with E-state index in [0.29, 0.717) is 0 Å². The molecular weight excluding hydrogens is 276 g/mol. The Bertz CT molecular complexity index is 378. The van der Waals surface area contributed by atoms with Crippen molar-refractivity contribution in [3.05, 3.63) is 0 Å². The lowest BCUT2D eigenvalue weighted by atomic mass is 10.0. The Labute approximate surface area is 113 Å². The molecule has 1 unspecified atom stereocenters. The Hall–Kier alpha value is -1.30. The standard InChI is InChI=1S/C10H18N2O8/c11-6(15)1-4(9(18)19)12-10(3-14)8(17)7(16)5(2-13)20-10/h4-5,7-8,12-14,16-17H,1-3H2,(H2,11,15)(H,18,19)/t4-,5+,7+,8-,10?/m0/s1. The van der Waals surface area contributed by atoms with Crippen molar-refractivity contribution < 1.29 is 39.9 Å². The monoisotopic (exact) mass is 294 g/mol. The summed E-state index contributed by atoms with van der Waals surface area (Å²) in [5.41, 5.74) is 2.90. The number of rotatable bonds is 7. The van der Waals surface area contributed by atoms with Gasteiger partial charge in [-0.25, -0.2) is 0 Å². The number of aliphatic hydroxyl groups is 4. The van der Waals surface area contributed by atoms with Crippen molar-refractivity contribution in [2.75, 3.05) is 13.2 Å². The van der Waals surface area contributed by atoms with Crippen LogP contribution >= 0.6 is 0 Å². The lowest BCUT2D eigenvalue weighted by Gasteiger charge is -2.33. The lowest BCUT2D eigenvalue weighted by molar-refractivity contribution is -0.159. The van der Waals surface area contributed by atoms with Crippen LogP contribution < -0.4 is 11.1 Å². The van der Waals surface area contributed by atoms with E-state index in [0.717, 1.165) is 0 Å². The van der Waals surface area contributed by atoms with Crippen LogP contribution in [0.3, 0.4) is 0 Å². The number of nitrogens with one attached hydrogen (secondary N) is 1. The van der Waals surface area contributed by atoms with Crippen molar-refractivity contribution in [2.45, 2.75) is 36.5 Å². The fourth-order valence-electron chi connectivity index (χ4n) is 2.03. The number of carboxylic acids is 1. The largest absolute Gasteiger partial charge is 0.480 e. The lowest BCUT2D eigenvalue weighted by Crippen LogP contribution is -2.62. The second-order valence-corrected chi connectivity index (χ2v) is 4.53. The molecule has 0 bridgehead atoms. The molecule has 0 aromatic rings. The van der Waals surface area contributed by atoms with Gasteiger partial charge in [-0.15, -0.1) is 0 Å². The molecule has 1 heterocycles. The summed E-state index contributed by atoms with van der Waals surface area (Å²) in [5.74, 6) is -2.36. The van der Waals surface area contributed by atoms with Crippen LogP contribution in [0.1, 0.15) is 6.42 Å². The Morgan fingerprint density at radius 2 is 1.95 bits per heavy atom. The first-order valence-corrected chi connectivity index (χ1v) is 5.82. The number of aliphatic hydroxyl groups excluding tert-OH is 4. The molecule has 0 aromatic carbocycles. The maximum absolute atomic E-state index is 11.0. The highest BCUT2D eigenvalue weighted by Crippen LogP contribution is 2.29. The smallest absolute Gasteiger partial charge is 0.321 e. The van der Waals surface area contributed by atoms with E-state index in [1.54, 1.807) is 0 Å². The third kappa shape index (κ3) is 3.23. The molecule has 1 saturated heterocycles. The van der Waals surface area contributed by atoms with Crippen LogP contribution in [0.15, 0.2) is 0 Å². The number of amides is 1. The van der Waals surface area contributed by atoms with E-state index in [1.165, 1.54) is 0 Å². The zero-order valence-electron chi connectivity index (χ0n) is 10.5. The van der Waals surface area contributed by atoms with Gasteiger partial charge in [-0.3, -0.25) is 14.9 Å². The van der Waals surface area contributed by atoms with Crippen LogP contribution in [-0.2, 0) is 14.3 Å². The Balaban J connectivity index is 2.94. The van der Waals surface area contributed by atoms with Crippen LogP contribution in [0.2, 0.25) is 0 Å².